The summed E-state index contributed by atoms with van der Waals surface area (Å²) in [6.07, 6.45) is 7.40. The van der Waals surface area contributed by atoms with Crippen molar-refractivity contribution in [2.24, 2.45) is 13.0 Å². The lowest BCUT2D eigenvalue weighted by molar-refractivity contribution is -0.119. The Morgan fingerprint density at radius 3 is 2.30 bits per heavy atom. The Kier molecular flexibility index (Phi) is 7.76. The van der Waals surface area contributed by atoms with Gasteiger partial charge in [-0.15, -0.1) is 0 Å². The van der Waals surface area contributed by atoms with E-state index in [2.05, 4.69) is 20.7 Å². The van der Waals surface area contributed by atoms with E-state index in [4.69, 9.17) is 4.74 Å². The summed E-state index contributed by atoms with van der Waals surface area (Å²) in [5, 5.41) is 10.2. The number of carbonyl (C=O) groups is 2. The maximum Gasteiger partial charge on any atom is 0.408 e. The molecule has 0 bridgehead atoms. The third kappa shape index (κ3) is 6.55. The fraction of sp³-hybridized carbons (Fsp3) is 0.600. The predicted octanol–water partition coefficient (Wildman–Crippen LogP) is 4.90. The second-order valence-corrected chi connectivity index (χ2v) is 9.98. The number of carbonyl (C=O) groups excluding carboxylic acids is 2. The van der Waals surface area contributed by atoms with Crippen LogP contribution in [0.15, 0.2) is 18.3 Å². The molecule has 8 heteroatoms. The number of ether oxygens (including phenoxy) is 1. The summed E-state index contributed by atoms with van der Waals surface area (Å²) >= 11 is 0. The summed E-state index contributed by atoms with van der Waals surface area (Å²) in [6, 6.07) is 3.04. The molecule has 1 aliphatic rings. The van der Waals surface area contributed by atoms with Crippen LogP contribution in [-0.2, 0) is 16.6 Å². The number of anilines is 1. The minimum absolute atomic E-state index is 0.0689. The summed E-state index contributed by atoms with van der Waals surface area (Å²) < 4.78 is 7.27. The van der Waals surface area contributed by atoms with Crippen LogP contribution < -0.4 is 10.6 Å². The van der Waals surface area contributed by atoms with Crippen LogP contribution >= 0.6 is 0 Å². The summed E-state index contributed by atoms with van der Waals surface area (Å²) in [5.41, 5.74) is 3.38. The molecule has 3 rings (SSSR count). The minimum Gasteiger partial charge on any atom is -0.444 e. The highest BCUT2D eigenvalue weighted by molar-refractivity contribution is 5.96. The molecule has 1 aliphatic carbocycles. The molecular weight excluding hydrogens is 418 g/mol. The summed E-state index contributed by atoms with van der Waals surface area (Å²) in [4.78, 5) is 30.2. The number of rotatable bonds is 5. The number of amides is 2. The topological polar surface area (TPSA) is 98.1 Å². The lowest BCUT2D eigenvalue weighted by atomic mass is 9.91. The molecule has 2 N–H and O–H groups in total. The number of pyridine rings is 1. The SMILES string of the molecule is Cc1nn(C)c(-c2ccc(NC(=O)[C@@H](NC(=O)OC(C)(C)C)C3CCCCCC3)nc2)c1C. The molecule has 8 nitrogen and oxygen atoms in total. The van der Waals surface area contributed by atoms with Gasteiger partial charge in [-0.1, -0.05) is 25.7 Å². The molecule has 2 heterocycles. The zero-order valence-electron chi connectivity index (χ0n) is 20.7. The number of hydrogen-bond donors (Lipinski definition) is 2. The predicted molar refractivity (Wildman–Crippen MR) is 129 cm³/mol. The quantitative estimate of drug-likeness (QED) is 0.625. The zero-order valence-corrected chi connectivity index (χ0v) is 20.7. The maximum atomic E-state index is 13.3. The van der Waals surface area contributed by atoms with Crippen molar-refractivity contribution >= 4 is 17.8 Å². The van der Waals surface area contributed by atoms with E-state index >= 15 is 0 Å². The van der Waals surface area contributed by atoms with Gasteiger partial charge in [-0.2, -0.15) is 5.10 Å². The van der Waals surface area contributed by atoms with Gasteiger partial charge in [-0.25, -0.2) is 9.78 Å². The molecule has 180 valence electrons. The van der Waals surface area contributed by atoms with Crippen LogP contribution in [-0.4, -0.2) is 38.4 Å². The van der Waals surface area contributed by atoms with Crippen LogP contribution in [0.5, 0.6) is 0 Å². The fourth-order valence-corrected chi connectivity index (χ4v) is 4.46. The molecule has 1 atom stereocenters. The Balaban J connectivity index is 1.75. The Morgan fingerprint density at radius 2 is 1.79 bits per heavy atom. The van der Waals surface area contributed by atoms with E-state index in [9.17, 15) is 9.59 Å². The van der Waals surface area contributed by atoms with Gasteiger partial charge in [0.15, 0.2) is 0 Å². The highest BCUT2D eigenvalue weighted by Crippen LogP contribution is 2.28. The van der Waals surface area contributed by atoms with E-state index in [1.54, 1.807) is 12.3 Å². The first-order valence-electron chi connectivity index (χ1n) is 11.8. The molecule has 2 aromatic heterocycles. The molecule has 0 radical (unpaired) electrons. The standard InChI is InChI=1S/C25H37N5O3/c1-16-17(2)29-30(6)22(16)19-13-14-20(26-15-19)27-23(31)21(18-11-9-7-8-10-12-18)28-24(32)33-25(3,4)5/h13-15,18,21H,7-12H2,1-6H3,(H,28,32)(H,26,27,31)/t21-/m0/s1. The van der Waals surface area contributed by atoms with Crippen molar-refractivity contribution in [1.82, 2.24) is 20.1 Å². The molecule has 0 aromatic carbocycles. The number of aromatic nitrogens is 3. The molecular formula is C25H37N5O3. The van der Waals surface area contributed by atoms with Crippen LogP contribution in [0, 0.1) is 19.8 Å². The Labute approximate surface area is 196 Å². The van der Waals surface area contributed by atoms with Gasteiger partial charge in [0.05, 0.1) is 11.4 Å². The van der Waals surface area contributed by atoms with Crippen LogP contribution in [0.1, 0.15) is 70.6 Å². The second kappa shape index (κ2) is 10.4. The molecule has 1 saturated carbocycles. The van der Waals surface area contributed by atoms with Gasteiger partial charge < -0.3 is 15.4 Å². The van der Waals surface area contributed by atoms with Crippen molar-refractivity contribution in [1.29, 1.82) is 0 Å². The highest BCUT2D eigenvalue weighted by Gasteiger charge is 2.32. The van der Waals surface area contributed by atoms with Crippen LogP contribution in [0.2, 0.25) is 0 Å². The fourth-order valence-electron chi connectivity index (χ4n) is 4.46. The van der Waals surface area contributed by atoms with E-state index in [0.29, 0.717) is 5.82 Å². The van der Waals surface area contributed by atoms with Crippen LogP contribution in [0.3, 0.4) is 0 Å². The van der Waals surface area contributed by atoms with Crippen molar-refractivity contribution in [3.8, 4) is 11.3 Å². The monoisotopic (exact) mass is 455 g/mol. The van der Waals surface area contributed by atoms with Crippen molar-refractivity contribution in [2.45, 2.75) is 84.8 Å². The van der Waals surface area contributed by atoms with Gasteiger partial charge in [-0.3, -0.25) is 9.48 Å². The number of alkyl carbamates (subject to hydrolysis) is 1. The van der Waals surface area contributed by atoms with E-state index in [1.165, 1.54) is 0 Å². The molecule has 2 aromatic rings. The molecule has 0 saturated heterocycles. The lowest BCUT2D eigenvalue weighted by Crippen LogP contribution is -2.50. The van der Waals surface area contributed by atoms with Gasteiger partial charge >= 0.3 is 6.09 Å². The molecule has 2 amide bonds. The molecule has 33 heavy (non-hydrogen) atoms. The summed E-state index contributed by atoms with van der Waals surface area (Å²) in [5.74, 6) is 0.254. The summed E-state index contributed by atoms with van der Waals surface area (Å²) in [6.45, 7) is 9.44. The number of nitrogens with one attached hydrogen (secondary N) is 2. The van der Waals surface area contributed by atoms with Crippen LogP contribution in [0.25, 0.3) is 11.3 Å². The summed E-state index contributed by atoms with van der Waals surface area (Å²) in [7, 11) is 1.91. The number of nitrogens with zero attached hydrogens (tertiary/aromatic N) is 3. The smallest absolute Gasteiger partial charge is 0.408 e. The normalized spacial score (nSPS) is 16.1. The Morgan fingerprint density at radius 1 is 1.12 bits per heavy atom. The third-order valence-corrected chi connectivity index (χ3v) is 6.14. The van der Waals surface area contributed by atoms with E-state index in [0.717, 1.165) is 61.0 Å². The van der Waals surface area contributed by atoms with Crippen LogP contribution in [0.4, 0.5) is 10.6 Å². The molecule has 0 unspecified atom stereocenters. The van der Waals surface area contributed by atoms with Gasteiger partial charge in [0.1, 0.15) is 17.5 Å². The van der Waals surface area contributed by atoms with Crippen molar-refractivity contribution in [3.05, 3.63) is 29.6 Å². The van der Waals surface area contributed by atoms with Gasteiger partial charge in [0.25, 0.3) is 0 Å². The number of hydrogen-bond acceptors (Lipinski definition) is 5. The van der Waals surface area contributed by atoms with Crippen molar-refractivity contribution in [3.63, 3.8) is 0 Å². The van der Waals surface area contributed by atoms with Gasteiger partial charge in [0.2, 0.25) is 5.91 Å². The van der Waals surface area contributed by atoms with Gasteiger partial charge in [0, 0.05) is 18.8 Å². The zero-order chi connectivity index (χ0) is 24.2. The maximum absolute atomic E-state index is 13.3. The molecule has 0 aliphatic heterocycles. The van der Waals surface area contributed by atoms with Crippen molar-refractivity contribution in [2.75, 3.05) is 5.32 Å². The van der Waals surface area contributed by atoms with E-state index in [1.807, 2.05) is 52.4 Å². The van der Waals surface area contributed by atoms with Gasteiger partial charge in [-0.05, 0) is 71.1 Å². The van der Waals surface area contributed by atoms with E-state index in [-0.39, 0.29) is 11.8 Å². The average molecular weight is 456 g/mol. The first-order valence-corrected chi connectivity index (χ1v) is 11.8. The third-order valence-electron chi connectivity index (χ3n) is 6.14. The highest BCUT2D eigenvalue weighted by atomic mass is 16.6. The van der Waals surface area contributed by atoms with E-state index < -0.39 is 17.7 Å². The second-order valence-electron chi connectivity index (χ2n) is 9.98. The number of aryl methyl sites for hydroxylation is 2. The molecule has 0 spiro atoms. The average Bonchev–Trinajstić information content (AvgIpc) is 2.91. The minimum atomic E-state index is -0.665. The lowest BCUT2D eigenvalue weighted by Gasteiger charge is -2.28. The Bertz CT molecular complexity index is 967. The first-order chi connectivity index (χ1) is 15.5. The molecule has 1 fully saturated rings. The Hall–Kier alpha value is -2.90. The first kappa shape index (κ1) is 24.7. The largest absolute Gasteiger partial charge is 0.444 e. The van der Waals surface area contributed by atoms with Crippen molar-refractivity contribution < 1.29 is 14.3 Å².